The summed E-state index contributed by atoms with van der Waals surface area (Å²) in [5.41, 5.74) is 8.96. The van der Waals surface area contributed by atoms with Gasteiger partial charge in [-0.1, -0.05) is 35.9 Å². The number of rotatable bonds is 4. The highest BCUT2D eigenvalue weighted by Crippen LogP contribution is 2.37. The molecule has 0 amide bonds. The van der Waals surface area contributed by atoms with Crippen LogP contribution in [0.15, 0.2) is 42.5 Å². The monoisotopic (exact) mass is 271 g/mol. The Kier molecular flexibility index (Phi) is 4.00. The van der Waals surface area contributed by atoms with Crippen LogP contribution in [0.2, 0.25) is 0 Å². The normalized spacial score (nSPS) is 13.7. The van der Waals surface area contributed by atoms with Crippen molar-refractivity contribution in [2.75, 3.05) is 14.2 Å². The van der Waals surface area contributed by atoms with Crippen LogP contribution < -0.4 is 15.2 Å². The molecule has 0 aliphatic carbocycles. The third-order valence-corrected chi connectivity index (χ3v) is 3.58. The van der Waals surface area contributed by atoms with E-state index >= 15 is 0 Å². The molecule has 3 heteroatoms. The standard InChI is InChI=1S/C17H21NO2/c1-12-9-10-16(20-4)14(11-12)17(2,18)13-7-5-6-8-15(13)19-3/h5-11H,18H2,1-4H3. The quantitative estimate of drug-likeness (QED) is 0.928. The molecule has 0 fully saturated rings. The summed E-state index contributed by atoms with van der Waals surface area (Å²) in [5.74, 6) is 1.56. The van der Waals surface area contributed by atoms with E-state index in [0.717, 1.165) is 28.2 Å². The summed E-state index contributed by atoms with van der Waals surface area (Å²) in [6.45, 7) is 4.02. The van der Waals surface area contributed by atoms with Crippen molar-refractivity contribution in [1.82, 2.24) is 0 Å². The minimum atomic E-state index is -0.691. The summed E-state index contributed by atoms with van der Waals surface area (Å²) in [6.07, 6.45) is 0. The van der Waals surface area contributed by atoms with Gasteiger partial charge >= 0.3 is 0 Å². The van der Waals surface area contributed by atoms with Gasteiger partial charge in [-0.15, -0.1) is 0 Å². The number of ether oxygens (including phenoxy) is 2. The molecule has 2 aromatic rings. The smallest absolute Gasteiger partial charge is 0.124 e. The van der Waals surface area contributed by atoms with Gasteiger partial charge in [-0.2, -0.15) is 0 Å². The molecule has 2 rings (SSSR count). The first-order chi connectivity index (χ1) is 9.50. The number of benzene rings is 2. The van der Waals surface area contributed by atoms with E-state index in [4.69, 9.17) is 15.2 Å². The number of aryl methyl sites for hydroxylation is 1. The van der Waals surface area contributed by atoms with Gasteiger partial charge in [0.15, 0.2) is 0 Å². The highest BCUT2D eigenvalue weighted by Gasteiger charge is 2.30. The van der Waals surface area contributed by atoms with Crippen molar-refractivity contribution in [3.8, 4) is 11.5 Å². The second-order valence-corrected chi connectivity index (χ2v) is 5.11. The SMILES string of the molecule is COc1ccccc1C(C)(N)c1cc(C)ccc1OC. The first-order valence-electron chi connectivity index (χ1n) is 6.58. The maximum atomic E-state index is 6.62. The van der Waals surface area contributed by atoms with Crippen molar-refractivity contribution in [3.63, 3.8) is 0 Å². The van der Waals surface area contributed by atoms with Crippen LogP contribution in [0.1, 0.15) is 23.6 Å². The summed E-state index contributed by atoms with van der Waals surface area (Å²) in [6, 6.07) is 13.8. The molecule has 0 bridgehead atoms. The molecule has 106 valence electrons. The average molecular weight is 271 g/mol. The topological polar surface area (TPSA) is 44.5 Å². The number of hydrogen-bond acceptors (Lipinski definition) is 3. The van der Waals surface area contributed by atoms with E-state index < -0.39 is 5.54 Å². The van der Waals surface area contributed by atoms with Gasteiger partial charge in [0.1, 0.15) is 11.5 Å². The lowest BCUT2D eigenvalue weighted by atomic mass is 9.84. The molecule has 20 heavy (non-hydrogen) atoms. The summed E-state index contributed by atoms with van der Waals surface area (Å²) in [7, 11) is 3.31. The fourth-order valence-electron chi connectivity index (χ4n) is 2.45. The Bertz CT molecular complexity index is 606. The lowest BCUT2D eigenvalue weighted by Gasteiger charge is -2.29. The summed E-state index contributed by atoms with van der Waals surface area (Å²) < 4.78 is 10.9. The van der Waals surface area contributed by atoms with Gasteiger partial charge in [-0.25, -0.2) is 0 Å². The van der Waals surface area contributed by atoms with Crippen LogP contribution in [-0.4, -0.2) is 14.2 Å². The van der Waals surface area contributed by atoms with Crippen LogP contribution in [0.3, 0.4) is 0 Å². The van der Waals surface area contributed by atoms with Crippen LogP contribution in [0, 0.1) is 6.92 Å². The number of para-hydroxylation sites is 1. The van der Waals surface area contributed by atoms with Crippen LogP contribution in [0.5, 0.6) is 11.5 Å². The second-order valence-electron chi connectivity index (χ2n) is 5.11. The van der Waals surface area contributed by atoms with E-state index in [9.17, 15) is 0 Å². The van der Waals surface area contributed by atoms with Crippen LogP contribution >= 0.6 is 0 Å². The molecule has 2 aromatic carbocycles. The zero-order valence-corrected chi connectivity index (χ0v) is 12.4. The Labute approximate surface area is 120 Å². The molecule has 0 aliphatic rings. The molecule has 0 saturated heterocycles. The fraction of sp³-hybridized carbons (Fsp3) is 0.294. The Hall–Kier alpha value is -2.00. The van der Waals surface area contributed by atoms with Gasteiger partial charge in [-0.3, -0.25) is 0 Å². The van der Waals surface area contributed by atoms with Crippen LogP contribution in [0.25, 0.3) is 0 Å². The minimum Gasteiger partial charge on any atom is -0.496 e. The predicted molar refractivity (Wildman–Crippen MR) is 81.4 cm³/mol. The molecular formula is C17H21NO2. The summed E-state index contributed by atoms with van der Waals surface area (Å²) in [5, 5.41) is 0. The van der Waals surface area contributed by atoms with E-state index in [1.54, 1.807) is 14.2 Å². The molecule has 0 aromatic heterocycles. The van der Waals surface area contributed by atoms with Crippen molar-refractivity contribution < 1.29 is 9.47 Å². The van der Waals surface area contributed by atoms with Crippen molar-refractivity contribution in [2.45, 2.75) is 19.4 Å². The summed E-state index contributed by atoms with van der Waals surface area (Å²) in [4.78, 5) is 0. The van der Waals surface area contributed by atoms with E-state index in [0.29, 0.717) is 0 Å². The molecule has 0 saturated carbocycles. The van der Waals surface area contributed by atoms with Gasteiger partial charge in [0.2, 0.25) is 0 Å². The van der Waals surface area contributed by atoms with Gasteiger partial charge in [0, 0.05) is 11.1 Å². The third kappa shape index (κ3) is 2.49. The van der Waals surface area contributed by atoms with Crippen LogP contribution in [0.4, 0.5) is 0 Å². The fourth-order valence-corrected chi connectivity index (χ4v) is 2.45. The lowest BCUT2D eigenvalue weighted by molar-refractivity contribution is 0.384. The Morgan fingerprint density at radius 2 is 1.50 bits per heavy atom. The van der Waals surface area contributed by atoms with E-state index in [-0.39, 0.29) is 0 Å². The largest absolute Gasteiger partial charge is 0.496 e. The summed E-state index contributed by atoms with van der Waals surface area (Å²) >= 11 is 0. The molecule has 0 aliphatic heterocycles. The van der Waals surface area contributed by atoms with Crippen molar-refractivity contribution in [1.29, 1.82) is 0 Å². The first-order valence-corrected chi connectivity index (χ1v) is 6.58. The molecule has 1 atom stereocenters. The van der Waals surface area contributed by atoms with E-state index in [1.807, 2.05) is 50.2 Å². The Balaban J connectivity index is 2.62. The minimum absolute atomic E-state index is 0.691. The van der Waals surface area contributed by atoms with Gasteiger partial charge in [-0.05, 0) is 26.0 Å². The molecular weight excluding hydrogens is 250 g/mol. The highest BCUT2D eigenvalue weighted by molar-refractivity contribution is 5.51. The molecule has 3 nitrogen and oxygen atoms in total. The maximum Gasteiger partial charge on any atom is 0.124 e. The van der Waals surface area contributed by atoms with Gasteiger partial charge in [0.05, 0.1) is 19.8 Å². The van der Waals surface area contributed by atoms with E-state index in [1.165, 1.54) is 0 Å². The van der Waals surface area contributed by atoms with Crippen molar-refractivity contribution in [2.24, 2.45) is 5.73 Å². The zero-order chi connectivity index (χ0) is 14.8. The maximum absolute atomic E-state index is 6.62. The van der Waals surface area contributed by atoms with Crippen LogP contribution in [-0.2, 0) is 5.54 Å². The molecule has 1 unspecified atom stereocenters. The molecule has 0 radical (unpaired) electrons. The Morgan fingerprint density at radius 3 is 2.15 bits per heavy atom. The van der Waals surface area contributed by atoms with Crippen molar-refractivity contribution >= 4 is 0 Å². The highest BCUT2D eigenvalue weighted by atomic mass is 16.5. The molecule has 2 N–H and O–H groups in total. The van der Waals surface area contributed by atoms with Gasteiger partial charge in [0.25, 0.3) is 0 Å². The zero-order valence-electron chi connectivity index (χ0n) is 12.4. The van der Waals surface area contributed by atoms with Gasteiger partial charge < -0.3 is 15.2 Å². The lowest BCUT2D eigenvalue weighted by Crippen LogP contribution is -2.35. The first kappa shape index (κ1) is 14.4. The predicted octanol–water partition coefficient (Wildman–Crippen LogP) is 3.23. The number of nitrogens with two attached hydrogens (primary N) is 1. The number of methoxy groups -OCH3 is 2. The average Bonchev–Trinajstić information content (AvgIpc) is 2.47. The number of hydrogen-bond donors (Lipinski definition) is 1. The molecule has 0 spiro atoms. The molecule has 0 heterocycles. The second kappa shape index (κ2) is 5.55. The van der Waals surface area contributed by atoms with Crippen molar-refractivity contribution in [3.05, 3.63) is 59.2 Å². The van der Waals surface area contributed by atoms with E-state index in [2.05, 4.69) is 6.07 Å². The third-order valence-electron chi connectivity index (χ3n) is 3.58. The Morgan fingerprint density at radius 1 is 0.900 bits per heavy atom.